The summed E-state index contributed by atoms with van der Waals surface area (Å²) in [6.45, 7) is 10.2. The molecule has 4 rings (SSSR count). The van der Waals surface area contributed by atoms with E-state index < -0.39 is 0 Å². The molecule has 2 heterocycles. The standard InChI is InChI=1S/C26H29N3O2/c1-17-15-18(2)20(4)21(19(17)3)16-29-23-10-6-5-9-22(23)28-25(29)12-7-13-27-26(30)24-11-8-14-31-24/h5-6,8-11,14-15H,7,12-13,16H2,1-4H3,(H,27,30). The van der Waals surface area contributed by atoms with Crippen molar-refractivity contribution in [3.8, 4) is 0 Å². The number of fused-ring (bicyclic) bond motifs is 1. The van der Waals surface area contributed by atoms with Crippen LogP contribution in [0, 0.1) is 27.7 Å². The average Bonchev–Trinajstić information content (AvgIpc) is 3.41. The molecule has 0 atom stereocenters. The molecule has 0 aliphatic carbocycles. The summed E-state index contributed by atoms with van der Waals surface area (Å²) < 4.78 is 7.48. The number of furan rings is 1. The zero-order valence-corrected chi connectivity index (χ0v) is 18.7. The maximum Gasteiger partial charge on any atom is 0.286 e. The molecule has 4 aromatic rings. The number of nitrogens with zero attached hydrogens (tertiary/aromatic N) is 2. The summed E-state index contributed by atoms with van der Waals surface area (Å²) in [5.41, 5.74) is 8.87. The number of hydrogen-bond acceptors (Lipinski definition) is 3. The Morgan fingerprint density at radius 2 is 1.77 bits per heavy atom. The number of aryl methyl sites for hydroxylation is 3. The van der Waals surface area contributed by atoms with Crippen molar-refractivity contribution in [1.82, 2.24) is 14.9 Å². The normalized spacial score (nSPS) is 11.2. The van der Waals surface area contributed by atoms with Gasteiger partial charge in [-0.15, -0.1) is 0 Å². The number of rotatable bonds is 7. The Morgan fingerprint density at radius 3 is 2.48 bits per heavy atom. The van der Waals surface area contributed by atoms with Gasteiger partial charge in [-0.3, -0.25) is 4.79 Å². The molecule has 0 fully saturated rings. The minimum atomic E-state index is -0.181. The summed E-state index contributed by atoms with van der Waals surface area (Å²) in [6, 6.07) is 13.9. The molecule has 0 bridgehead atoms. The Morgan fingerprint density at radius 1 is 1.03 bits per heavy atom. The van der Waals surface area contributed by atoms with Crippen LogP contribution in [-0.4, -0.2) is 22.0 Å². The van der Waals surface area contributed by atoms with Crippen LogP contribution in [0.3, 0.4) is 0 Å². The molecule has 0 saturated heterocycles. The first-order valence-corrected chi connectivity index (χ1v) is 10.8. The lowest BCUT2D eigenvalue weighted by Gasteiger charge is -2.18. The maximum absolute atomic E-state index is 12.1. The number of hydrogen-bond donors (Lipinski definition) is 1. The molecule has 2 aromatic heterocycles. The molecule has 5 nitrogen and oxygen atoms in total. The number of nitrogens with one attached hydrogen (secondary N) is 1. The van der Waals surface area contributed by atoms with Crippen molar-refractivity contribution < 1.29 is 9.21 Å². The van der Waals surface area contributed by atoms with Crippen molar-refractivity contribution in [3.63, 3.8) is 0 Å². The first kappa shape index (κ1) is 20.9. The molecule has 0 unspecified atom stereocenters. The lowest BCUT2D eigenvalue weighted by atomic mass is 9.94. The second-order valence-corrected chi connectivity index (χ2v) is 8.18. The average molecular weight is 416 g/mol. The number of para-hydroxylation sites is 2. The third-order valence-electron chi connectivity index (χ3n) is 6.18. The molecule has 1 amide bonds. The van der Waals surface area contributed by atoms with Crippen molar-refractivity contribution in [2.24, 2.45) is 0 Å². The topological polar surface area (TPSA) is 60.1 Å². The Kier molecular flexibility index (Phi) is 5.94. The zero-order valence-electron chi connectivity index (χ0n) is 18.7. The van der Waals surface area contributed by atoms with Crippen LogP contribution in [0.1, 0.15) is 50.6 Å². The van der Waals surface area contributed by atoms with Crippen molar-refractivity contribution in [1.29, 1.82) is 0 Å². The van der Waals surface area contributed by atoms with E-state index in [-0.39, 0.29) is 5.91 Å². The van der Waals surface area contributed by atoms with Gasteiger partial charge in [0, 0.05) is 19.5 Å². The molecule has 0 spiro atoms. The molecular weight excluding hydrogens is 386 g/mol. The monoisotopic (exact) mass is 415 g/mol. The molecule has 0 aliphatic rings. The molecular formula is C26H29N3O2. The van der Waals surface area contributed by atoms with Gasteiger partial charge in [-0.05, 0) is 86.2 Å². The van der Waals surface area contributed by atoms with Crippen LogP contribution in [0.25, 0.3) is 11.0 Å². The van der Waals surface area contributed by atoms with Gasteiger partial charge in [0.25, 0.3) is 5.91 Å². The van der Waals surface area contributed by atoms with Crippen LogP contribution in [0.4, 0.5) is 0 Å². The summed E-state index contributed by atoms with van der Waals surface area (Å²) in [4.78, 5) is 17.0. The van der Waals surface area contributed by atoms with Crippen LogP contribution in [-0.2, 0) is 13.0 Å². The van der Waals surface area contributed by atoms with Crippen LogP contribution >= 0.6 is 0 Å². The van der Waals surface area contributed by atoms with Gasteiger partial charge in [0.2, 0.25) is 0 Å². The highest BCUT2D eigenvalue weighted by Gasteiger charge is 2.15. The van der Waals surface area contributed by atoms with E-state index in [1.54, 1.807) is 12.1 Å². The zero-order chi connectivity index (χ0) is 22.0. The Hall–Kier alpha value is -3.34. The fraction of sp³-hybridized carbons (Fsp3) is 0.308. The quantitative estimate of drug-likeness (QED) is 0.418. The van der Waals surface area contributed by atoms with Crippen molar-refractivity contribution in [3.05, 3.63) is 88.1 Å². The highest BCUT2D eigenvalue weighted by atomic mass is 16.3. The summed E-state index contributed by atoms with van der Waals surface area (Å²) in [7, 11) is 0. The van der Waals surface area contributed by atoms with Gasteiger partial charge in [0.1, 0.15) is 5.82 Å². The fourth-order valence-corrected chi connectivity index (χ4v) is 4.13. The largest absolute Gasteiger partial charge is 0.459 e. The number of benzene rings is 2. The van der Waals surface area contributed by atoms with Gasteiger partial charge in [-0.25, -0.2) is 4.98 Å². The molecule has 31 heavy (non-hydrogen) atoms. The molecule has 1 N–H and O–H groups in total. The van der Waals surface area contributed by atoms with Crippen LogP contribution in [0.5, 0.6) is 0 Å². The van der Waals surface area contributed by atoms with Gasteiger partial charge in [-0.2, -0.15) is 0 Å². The van der Waals surface area contributed by atoms with E-state index in [0.717, 1.165) is 36.2 Å². The summed E-state index contributed by atoms with van der Waals surface area (Å²) in [5.74, 6) is 1.21. The highest BCUT2D eigenvalue weighted by Crippen LogP contribution is 2.25. The van der Waals surface area contributed by atoms with E-state index in [9.17, 15) is 4.79 Å². The maximum atomic E-state index is 12.1. The lowest BCUT2D eigenvalue weighted by Crippen LogP contribution is -2.24. The Bertz CT molecular complexity index is 1190. The first-order valence-electron chi connectivity index (χ1n) is 10.8. The van der Waals surface area contributed by atoms with E-state index in [0.29, 0.717) is 12.3 Å². The minimum Gasteiger partial charge on any atom is -0.459 e. The van der Waals surface area contributed by atoms with Crippen molar-refractivity contribution in [2.75, 3.05) is 6.54 Å². The first-order chi connectivity index (χ1) is 15.0. The second-order valence-electron chi connectivity index (χ2n) is 8.18. The molecule has 160 valence electrons. The SMILES string of the molecule is Cc1cc(C)c(C)c(Cn2c(CCCNC(=O)c3ccco3)nc3ccccc32)c1C. The number of imidazole rings is 1. The van der Waals surface area contributed by atoms with E-state index >= 15 is 0 Å². The number of aromatic nitrogens is 2. The van der Waals surface area contributed by atoms with Gasteiger partial charge < -0.3 is 14.3 Å². The molecule has 2 aromatic carbocycles. The van der Waals surface area contributed by atoms with Crippen molar-refractivity contribution >= 4 is 16.9 Å². The minimum absolute atomic E-state index is 0.181. The molecule has 5 heteroatoms. The lowest BCUT2D eigenvalue weighted by molar-refractivity contribution is 0.0925. The number of amides is 1. The smallest absolute Gasteiger partial charge is 0.286 e. The van der Waals surface area contributed by atoms with Crippen molar-refractivity contribution in [2.45, 2.75) is 47.1 Å². The van der Waals surface area contributed by atoms with Gasteiger partial charge in [-0.1, -0.05) is 18.2 Å². The van der Waals surface area contributed by atoms with E-state index in [4.69, 9.17) is 9.40 Å². The fourth-order valence-electron chi connectivity index (χ4n) is 4.13. The second kappa shape index (κ2) is 8.80. The van der Waals surface area contributed by atoms with Gasteiger partial charge in [0.05, 0.1) is 17.3 Å². The summed E-state index contributed by atoms with van der Waals surface area (Å²) in [5, 5.41) is 2.92. The van der Waals surface area contributed by atoms with E-state index in [1.165, 1.54) is 34.1 Å². The van der Waals surface area contributed by atoms with E-state index in [1.807, 2.05) is 6.07 Å². The third-order valence-corrected chi connectivity index (χ3v) is 6.18. The number of carbonyl (C=O) groups is 1. The van der Waals surface area contributed by atoms with Crippen LogP contribution < -0.4 is 5.32 Å². The van der Waals surface area contributed by atoms with Crippen LogP contribution in [0.15, 0.2) is 53.1 Å². The number of carbonyl (C=O) groups excluding carboxylic acids is 1. The Labute approximate surface area is 183 Å². The van der Waals surface area contributed by atoms with E-state index in [2.05, 4.69) is 61.8 Å². The summed E-state index contributed by atoms with van der Waals surface area (Å²) >= 11 is 0. The van der Waals surface area contributed by atoms with Crippen LogP contribution in [0.2, 0.25) is 0 Å². The van der Waals surface area contributed by atoms with Gasteiger partial charge >= 0.3 is 0 Å². The highest BCUT2D eigenvalue weighted by molar-refractivity contribution is 5.91. The third kappa shape index (κ3) is 4.26. The Balaban J connectivity index is 1.56. The summed E-state index contributed by atoms with van der Waals surface area (Å²) in [6.07, 6.45) is 3.10. The predicted molar refractivity (Wildman–Crippen MR) is 124 cm³/mol. The molecule has 0 saturated carbocycles. The molecule has 0 radical (unpaired) electrons. The molecule has 0 aliphatic heterocycles. The predicted octanol–water partition coefficient (Wildman–Crippen LogP) is 5.27. The van der Waals surface area contributed by atoms with Gasteiger partial charge in [0.15, 0.2) is 5.76 Å².